The molecule has 2 aromatic rings. The summed E-state index contributed by atoms with van der Waals surface area (Å²) in [5.41, 5.74) is 1.06. The van der Waals surface area contributed by atoms with E-state index in [1.165, 1.54) is 10.6 Å². The van der Waals surface area contributed by atoms with Gasteiger partial charge in [-0.05, 0) is 19.1 Å². The number of carboxylic acids is 1. The molecule has 0 saturated heterocycles. The second kappa shape index (κ2) is 5.40. The summed E-state index contributed by atoms with van der Waals surface area (Å²) in [6, 6.07) is 3.47. The molecule has 0 atom stereocenters. The number of carboxylic acid groups (broad SMARTS) is 1. The third kappa shape index (κ3) is 3.11. The van der Waals surface area contributed by atoms with Gasteiger partial charge in [0, 0.05) is 12.3 Å². The topological polar surface area (TPSA) is 55.1 Å². The highest BCUT2D eigenvalue weighted by molar-refractivity contribution is 7.99. The van der Waals surface area contributed by atoms with Crippen LogP contribution in [0.2, 0.25) is 0 Å². The fourth-order valence-electron chi connectivity index (χ4n) is 1.52. The van der Waals surface area contributed by atoms with E-state index in [9.17, 15) is 13.6 Å². The van der Waals surface area contributed by atoms with Crippen LogP contribution in [0.5, 0.6) is 0 Å². The smallest absolute Gasteiger partial charge is 0.313 e. The third-order valence-electron chi connectivity index (χ3n) is 2.30. The molecule has 0 fully saturated rings. The van der Waals surface area contributed by atoms with Gasteiger partial charge in [-0.3, -0.25) is 9.36 Å². The first-order valence-corrected chi connectivity index (χ1v) is 6.32. The lowest BCUT2D eigenvalue weighted by molar-refractivity contribution is -0.133. The summed E-state index contributed by atoms with van der Waals surface area (Å²) in [5, 5.41) is 9.08. The molecule has 0 unspecified atom stereocenters. The normalized spacial score (nSPS) is 10.7. The molecule has 1 aromatic heterocycles. The minimum atomic E-state index is -0.970. The molecule has 1 aromatic carbocycles. The zero-order chi connectivity index (χ0) is 14.0. The van der Waals surface area contributed by atoms with E-state index in [2.05, 4.69) is 4.98 Å². The summed E-state index contributed by atoms with van der Waals surface area (Å²) in [5.74, 6) is -3.01. The molecule has 19 heavy (non-hydrogen) atoms. The van der Waals surface area contributed by atoms with Crippen LogP contribution in [0.4, 0.5) is 8.78 Å². The predicted octanol–water partition coefficient (Wildman–Crippen LogP) is 2.64. The van der Waals surface area contributed by atoms with Crippen LogP contribution < -0.4 is 0 Å². The largest absolute Gasteiger partial charge is 0.481 e. The van der Waals surface area contributed by atoms with Crippen molar-refractivity contribution in [1.29, 1.82) is 0 Å². The van der Waals surface area contributed by atoms with Crippen molar-refractivity contribution in [1.82, 2.24) is 9.55 Å². The number of thioether (sulfide) groups is 1. The molecular weight excluding hydrogens is 274 g/mol. The minimum Gasteiger partial charge on any atom is -0.481 e. The number of rotatable bonds is 4. The number of halogens is 2. The van der Waals surface area contributed by atoms with Crippen molar-refractivity contribution >= 4 is 17.7 Å². The van der Waals surface area contributed by atoms with Gasteiger partial charge in [-0.2, -0.15) is 0 Å². The Morgan fingerprint density at radius 3 is 2.79 bits per heavy atom. The van der Waals surface area contributed by atoms with Crippen LogP contribution in [0.3, 0.4) is 0 Å². The molecular formula is C12H10F2N2O2S. The Kier molecular flexibility index (Phi) is 3.84. The van der Waals surface area contributed by atoms with Gasteiger partial charge < -0.3 is 5.11 Å². The number of benzene rings is 1. The molecule has 1 N–H and O–H groups in total. The summed E-state index contributed by atoms with van der Waals surface area (Å²) in [6.07, 6.45) is 1.64. The molecule has 2 rings (SSSR count). The molecule has 0 amide bonds. The number of aromatic nitrogens is 2. The zero-order valence-electron chi connectivity index (χ0n) is 9.93. The molecule has 1 heterocycles. The average Bonchev–Trinajstić information content (AvgIpc) is 2.71. The zero-order valence-corrected chi connectivity index (χ0v) is 10.7. The van der Waals surface area contributed by atoms with E-state index < -0.39 is 17.6 Å². The number of aliphatic carboxylic acids is 1. The van der Waals surface area contributed by atoms with Crippen molar-refractivity contribution in [2.24, 2.45) is 0 Å². The maximum absolute atomic E-state index is 13.2. The molecule has 7 heteroatoms. The van der Waals surface area contributed by atoms with Gasteiger partial charge in [-0.1, -0.05) is 11.8 Å². The molecule has 0 aliphatic carbocycles. The number of carbonyl (C=O) groups is 1. The fourth-order valence-corrected chi connectivity index (χ4v) is 2.28. The Morgan fingerprint density at radius 2 is 2.16 bits per heavy atom. The molecule has 0 saturated carbocycles. The molecule has 0 aliphatic rings. The standard InChI is InChI=1S/C12H10F2N2O2S/c1-7-5-16(12(15-7)19-6-11(17)18)8-2-3-9(13)10(14)4-8/h2-5H,6H2,1H3,(H,17,18). The molecule has 100 valence electrons. The van der Waals surface area contributed by atoms with E-state index >= 15 is 0 Å². The number of nitrogens with zero attached hydrogens (tertiary/aromatic N) is 2. The molecule has 0 spiro atoms. The van der Waals surface area contributed by atoms with Gasteiger partial charge in [-0.25, -0.2) is 13.8 Å². The highest BCUT2D eigenvalue weighted by Crippen LogP contribution is 2.23. The highest BCUT2D eigenvalue weighted by Gasteiger charge is 2.12. The maximum Gasteiger partial charge on any atom is 0.313 e. The van der Waals surface area contributed by atoms with Crippen molar-refractivity contribution in [3.8, 4) is 5.69 Å². The first-order valence-electron chi connectivity index (χ1n) is 5.33. The van der Waals surface area contributed by atoms with Crippen LogP contribution in [-0.4, -0.2) is 26.4 Å². The summed E-state index contributed by atoms with van der Waals surface area (Å²) in [7, 11) is 0. The average molecular weight is 284 g/mol. The van der Waals surface area contributed by atoms with Gasteiger partial charge in [0.05, 0.1) is 17.1 Å². The minimum absolute atomic E-state index is 0.153. The van der Waals surface area contributed by atoms with Gasteiger partial charge >= 0.3 is 5.97 Å². The van der Waals surface area contributed by atoms with Crippen LogP contribution in [0.1, 0.15) is 5.69 Å². The van der Waals surface area contributed by atoms with Crippen molar-refractivity contribution < 1.29 is 18.7 Å². The Morgan fingerprint density at radius 1 is 1.42 bits per heavy atom. The summed E-state index contributed by atoms with van der Waals surface area (Å²) in [6.45, 7) is 1.74. The molecule has 0 bridgehead atoms. The Bertz CT molecular complexity index is 628. The SMILES string of the molecule is Cc1cn(-c2ccc(F)c(F)c2)c(SCC(=O)O)n1. The van der Waals surface area contributed by atoms with Crippen molar-refractivity contribution in [2.45, 2.75) is 12.1 Å². The van der Waals surface area contributed by atoms with Crippen LogP contribution in [0.25, 0.3) is 5.69 Å². The number of hydrogen-bond acceptors (Lipinski definition) is 3. The summed E-state index contributed by atoms with van der Waals surface area (Å²) in [4.78, 5) is 14.7. The van der Waals surface area contributed by atoms with E-state index in [0.29, 0.717) is 16.5 Å². The van der Waals surface area contributed by atoms with Crippen LogP contribution >= 0.6 is 11.8 Å². The molecule has 0 radical (unpaired) electrons. The van der Waals surface area contributed by atoms with Gasteiger partial charge in [0.15, 0.2) is 16.8 Å². The van der Waals surface area contributed by atoms with E-state index in [1.54, 1.807) is 13.1 Å². The van der Waals surface area contributed by atoms with Gasteiger partial charge in [0.1, 0.15) is 0 Å². The first kappa shape index (κ1) is 13.5. The predicted molar refractivity (Wildman–Crippen MR) is 66.6 cm³/mol. The molecule has 0 aliphatic heterocycles. The molecule has 4 nitrogen and oxygen atoms in total. The van der Waals surface area contributed by atoms with Crippen molar-refractivity contribution in [2.75, 3.05) is 5.75 Å². The lowest BCUT2D eigenvalue weighted by Gasteiger charge is -2.06. The fraction of sp³-hybridized carbons (Fsp3) is 0.167. The van der Waals surface area contributed by atoms with E-state index in [1.807, 2.05) is 0 Å². The van der Waals surface area contributed by atoms with Crippen LogP contribution in [0, 0.1) is 18.6 Å². The highest BCUT2D eigenvalue weighted by atomic mass is 32.2. The van der Waals surface area contributed by atoms with Gasteiger partial charge in [0.2, 0.25) is 0 Å². The Balaban J connectivity index is 2.37. The van der Waals surface area contributed by atoms with E-state index in [-0.39, 0.29) is 5.75 Å². The lowest BCUT2D eigenvalue weighted by Crippen LogP contribution is -2.02. The quantitative estimate of drug-likeness (QED) is 0.877. The van der Waals surface area contributed by atoms with Crippen LogP contribution in [0.15, 0.2) is 29.6 Å². The summed E-state index contributed by atoms with van der Waals surface area (Å²) >= 11 is 1.02. The number of hydrogen-bond donors (Lipinski definition) is 1. The van der Waals surface area contributed by atoms with E-state index in [4.69, 9.17) is 5.11 Å². The monoisotopic (exact) mass is 284 g/mol. The number of imidazole rings is 1. The second-order valence-electron chi connectivity index (χ2n) is 3.82. The van der Waals surface area contributed by atoms with Crippen molar-refractivity contribution in [3.05, 3.63) is 41.7 Å². The number of aryl methyl sites for hydroxylation is 1. The Labute approximate surface area is 112 Å². The van der Waals surface area contributed by atoms with Crippen molar-refractivity contribution in [3.63, 3.8) is 0 Å². The van der Waals surface area contributed by atoms with Gasteiger partial charge in [-0.15, -0.1) is 0 Å². The second-order valence-corrected chi connectivity index (χ2v) is 4.76. The maximum atomic E-state index is 13.2. The first-order chi connectivity index (χ1) is 8.97. The third-order valence-corrected chi connectivity index (χ3v) is 3.24. The Hall–Kier alpha value is -1.89. The summed E-state index contributed by atoms with van der Waals surface area (Å²) < 4.78 is 27.6. The lowest BCUT2D eigenvalue weighted by atomic mass is 10.3. The van der Waals surface area contributed by atoms with Crippen LogP contribution in [-0.2, 0) is 4.79 Å². The van der Waals surface area contributed by atoms with E-state index in [0.717, 1.165) is 23.9 Å². The van der Waals surface area contributed by atoms with Gasteiger partial charge in [0.25, 0.3) is 0 Å².